The molecule has 0 bridgehead atoms. The number of nitrogens with two attached hydrogens (primary N) is 1. The Morgan fingerprint density at radius 2 is 1.71 bits per heavy atom. The SMILES string of the molecule is NC(=O)CI.[K+].[K+]. The summed E-state index contributed by atoms with van der Waals surface area (Å²) in [5, 5.41) is 0. The van der Waals surface area contributed by atoms with Gasteiger partial charge in [-0.05, 0) is 0 Å². The molecular weight excluding hydrogens is 259 g/mol. The zero-order chi connectivity index (χ0) is 4.28. The Labute approximate surface area is 142 Å². The topological polar surface area (TPSA) is 43.1 Å². The number of alkyl halides is 1. The van der Waals surface area contributed by atoms with Gasteiger partial charge in [-0.25, -0.2) is 0 Å². The number of amides is 1. The van der Waals surface area contributed by atoms with Crippen LogP contribution in [0.25, 0.3) is 0 Å². The van der Waals surface area contributed by atoms with Crippen molar-refractivity contribution < 1.29 is 108 Å². The van der Waals surface area contributed by atoms with Gasteiger partial charge < -0.3 is 5.73 Å². The first-order valence-electron chi connectivity index (χ1n) is 1.11. The predicted molar refractivity (Wildman–Crippen MR) is 28.1 cm³/mol. The summed E-state index contributed by atoms with van der Waals surface area (Å²) in [5.74, 6) is -0.259. The average Bonchev–Trinajstić information content (AvgIpc) is 1.38. The molecule has 5 heteroatoms. The van der Waals surface area contributed by atoms with E-state index in [2.05, 4.69) is 5.73 Å². The summed E-state index contributed by atoms with van der Waals surface area (Å²) in [7, 11) is 0. The Balaban J connectivity index is -0.0000000800. The van der Waals surface area contributed by atoms with Gasteiger partial charge in [0.05, 0.1) is 4.43 Å². The summed E-state index contributed by atoms with van der Waals surface area (Å²) in [6.07, 6.45) is 0. The van der Waals surface area contributed by atoms with Crippen LogP contribution in [0, 0.1) is 0 Å². The Hall–Kier alpha value is 3.47. The van der Waals surface area contributed by atoms with Crippen molar-refractivity contribution in [2.24, 2.45) is 5.73 Å². The van der Waals surface area contributed by atoms with Gasteiger partial charge in [-0.3, -0.25) is 4.79 Å². The van der Waals surface area contributed by atoms with Crippen LogP contribution >= 0.6 is 22.6 Å². The van der Waals surface area contributed by atoms with Crippen LogP contribution in [0.2, 0.25) is 0 Å². The molecule has 1 amide bonds. The first-order chi connectivity index (χ1) is 2.27. The molecule has 0 fully saturated rings. The van der Waals surface area contributed by atoms with Crippen molar-refractivity contribution in [3.8, 4) is 0 Å². The van der Waals surface area contributed by atoms with Crippen molar-refractivity contribution >= 4 is 28.5 Å². The fourth-order valence-corrected chi connectivity index (χ4v) is 0. The average molecular weight is 263 g/mol. The van der Waals surface area contributed by atoms with Gasteiger partial charge in [-0.15, -0.1) is 0 Å². The van der Waals surface area contributed by atoms with Gasteiger partial charge in [0, 0.05) is 0 Å². The quantitative estimate of drug-likeness (QED) is 0.286. The van der Waals surface area contributed by atoms with Crippen LogP contribution in [0.15, 0.2) is 0 Å². The van der Waals surface area contributed by atoms with E-state index < -0.39 is 0 Å². The minimum absolute atomic E-state index is 0. The minimum atomic E-state index is -0.259. The second-order valence-corrected chi connectivity index (χ2v) is 1.36. The van der Waals surface area contributed by atoms with Crippen molar-refractivity contribution in [1.29, 1.82) is 0 Å². The van der Waals surface area contributed by atoms with E-state index in [4.69, 9.17) is 0 Å². The maximum absolute atomic E-state index is 9.58. The molecule has 7 heavy (non-hydrogen) atoms. The monoisotopic (exact) mass is 263 g/mol. The maximum Gasteiger partial charge on any atom is 1.00 e. The third kappa shape index (κ3) is 17.7. The van der Waals surface area contributed by atoms with E-state index in [1.165, 1.54) is 0 Å². The van der Waals surface area contributed by atoms with Crippen LogP contribution in [-0.4, -0.2) is 10.3 Å². The number of hydrogen-bond donors (Lipinski definition) is 1. The number of carbonyl (C=O) groups is 1. The van der Waals surface area contributed by atoms with Gasteiger partial charge in [0.2, 0.25) is 5.91 Å². The molecule has 0 aromatic carbocycles. The first kappa shape index (κ1) is 16.8. The van der Waals surface area contributed by atoms with Crippen molar-refractivity contribution in [2.45, 2.75) is 0 Å². The number of halogens is 1. The molecule has 2 N–H and O–H groups in total. The van der Waals surface area contributed by atoms with Crippen LogP contribution in [0.3, 0.4) is 0 Å². The number of carbonyl (C=O) groups excluding carboxylic acids is 1. The summed E-state index contributed by atoms with van der Waals surface area (Å²) in [6.45, 7) is 0. The van der Waals surface area contributed by atoms with E-state index in [1.807, 2.05) is 22.6 Å². The largest absolute Gasteiger partial charge is 1.00 e. The summed E-state index contributed by atoms with van der Waals surface area (Å²) < 4.78 is 0.414. The molecule has 0 atom stereocenters. The molecule has 0 radical (unpaired) electrons. The molecule has 30 valence electrons. The molecule has 0 spiro atoms. The molecule has 0 saturated heterocycles. The summed E-state index contributed by atoms with van der Waals surface area (Å²) in [5.41, 5.74) is 4.65. The molecule has 2 nitrogen and oxygen atoms in total. The van der Waals surface area contributed by atoms with Gasteiger partial charge in [0.15, 0.2) is 0 Å². The number of rotatable bonds is 1. The second kappa shape index (κ2) is 12.2. The standard InChI is InChI=1S/C2H4INO.2K/c3-1-2(4)5;;/h1H2,(H2,4,5);;/q;2*+1. The Kier molecular flexibility index (Phi) is 29.3. The zero-order valence-corrected chi connectivity index (χ0v) is 13.0. The fraction of sp³-hybridized carbons (Fsp3) is 0.500. The molecule has 0 aromatic rings. The maximum atomic E-state index is 9.58. The zero-order valence-electron chi connectivity index (χ0n) is 4.57. The van der Waals surface area contributed by atoms with Gasteiger partial charge in [-0.1, -0.05) is 22.6 Å². The van der Waals surface area contributed by atoms with Crippen molar-refractivity contribution in [2.75, 3.05) is 4.43 Å². The van der Waals surface area contributed by atoms with Crippen molar-refractivity contribution in [3.63, 3.8) is 0 Å². The van der Waals surface area contributed by atoms with Gasteiger partial charge in [0.1, 0.15) is 0 Å². The summed E-state index contributed by atoms with van der Waals surface area (Å²) in [6, 6.07) is 0. The van der Waals surface area contributed by atoms with Crippen LogP contribution in [0.5, 0.6) is 0 Å². The Morgan fingerprint density at radius 3 is 1.71 bits per heavy atom. The van der Waals surface area contributed by atoms with E-state index in [0.29, 0.717) is 4.43 Å². The molecule has 0 rings (SSSR count). The minimum Gasteiger partial charge on any atom is -0.369 e. The Morgan fingerprint density at radius 1 is 1.57 bits per heavy atom. The van der Waals surface area contributed by atoms with E-state index in [-0.39, 0.29) is 109 Å². The third-order valence-electron chi connectivity index (χ3n) is 0.132. The van der Waals surface area contributed by atoms with E-state index in [0.717, 1.165) is 0 Å². The van der Waals surface area contributed by atoms with E-state index in [1.54, 1.807) is 0 Å². The smallest absolute Gasteiger partial charge is 0.369 e. The molecule has 0 aliphatic heterocycles. The fourth-order valence-electron chi connectivity index (χ4n) is 0. The van der Waals surface area contributed by atoms with Gasteiger partial charge in [-0.2, -0.15) is 0 Å². The van der Waals surface area contributed by atoms with Crippen LogP contribution < -0.4 is 109 Å². The van der Waals surface area contributed by atoms with Crippen molar-refractivity contribution in [3.05, 3.63) is 0 Å². The second-order valence-electron chi connectivity index (χ2n) is 0.600. The number of hydrogen-bond acceptors (Lipinski definition) is 1. The molecule has 0 heterocycles. The van der Waals surface area contributed by atoms with Crippen LogP contribution in [-0.2, 0) is 4.79 Å². The first-order valence-corrected chi connectivity index (χ1v) is 2.64. The van der Waals surface area contributed by atoms with Crippen molar-refractivity contribution in [1.82, 2.24) is 0 Å². The number of primary amides is 1. The predicted octanol–water partition coefficient (Wildman–Crippen LogP) is -6.09. The van der Waals surface area contributed by atoms with E-state index in [9.17, 15) is 4.79 Å². The molecule has 0 unspecified atom stereocenters. The van der Waals surface area contributed by atoms with Crippen LogP contribution in [0.4, 0.5) is 0 Å². The molecule has 0 aromatic heterocycles. The van der Waals surface area contributed by atoms with Gasteiger partial charge in [0.25, 0.3) is 0 Å². The molecule has 0 saturated carbocycles. The Bertz CT molecular complexity index is 51.0. The van der Waals surface area contributed by atoms with Gasteiger partial charge >= 0.3 is 103 Å². The normalized spacial score (nSPS) is 5.29. The molecular formula is C2H4IK2NO+2. The van der Waals surface area contributed by atoms with Crippen LogP contribution in [0.1, 0.15) is 0 Å². The summed E-state index contributed by atoms with van der Waals surface area (Å²) >= 11 is 1.90. The summed E-state index contributed by atoms with van der Waals surface area (Å²) in [4.78, 5) is 9.58. The molecule has 0 aliphatic rings. The third-order valence-corrected chi connectivity index (χ3v) is 0.884. The van der Waals surface area contributed by atoms with E-state index >= 15 is 0 Å². The molecule has 0 aliphatic carbocycles.